The molecule has 0 aliphatic carbocycles. The summed E-state index contributed by atoms with van der Waals surface area (Å²) in [5.41, 5.74) is 4.75. The Labute approximate surface area is 186 Å². The van der Waals surface area contributed by atoms with Crippen LogP contribution in [-0.4, -0.2) is 25.8 Å². The molecule has 3 aromatic carbocycles. The van der Waals surface area contributed by atoms with E-state index >= 15 is 0 Å². The summed E-state index contributed by atoms with van der Waals surface area (Å²) < 4.78 is 16.7. The third-order valence-corrected chi connectivity index (χ3v) is 4.56. The van der Waals surface area contributed by atoms with Crippen molar-refractivity contribution in [3.8, 4) is 17.2 Å². The predicted octanol–water partition coefficient (Wildman–Crippen LogP) is 5.09. The van der Waals surface area contributed by atoms with Crippen LogP contribution in [0.1, 0.15) is 28.4 Å². The molecule has 0 atom stereocenters. The number of carbonyl (C=O) groups is 1. The van der Waals surface area contributed by atoms with Crippen molar-refractivity contribution in [2.75, 3.05) is 13.7 Å². The summed E-state index contributed by atoms with van der Waals surface area (Å²) >= 11 is 5.92. The zero-order chi connectivity index (χ0) is 22.1. The van der Waals surface area contributed by atoms with Crippen LogP contribution in [0.2, 0.25) is 5.02 Å². The van der Waals surface area contributed by atoms with Crippen LogP contribution in [0.25, 0.3) is 0 Å². The number of methoxy groups -OCH3 is 1. The number of halogens is 1. The molecule has 0 heterocycles. The number of nitrogens with zero attached hydrogens (tertiary/aromatic N) is 1. The number of rotatable bonds is 9. The van der Waals surface area contributed by atoms with Gasteiger partial charge in [-0.05, 0) is 72.6 Å². The van der Waals surface area contributed by atoms with E-state index in [4.69, 9.17) is 25.8 Å². The average molecular weight is 439 g/mol. The first kappa shape index (κ1) is 22.2. The molecule has 0 aromatic heterocycles. The second-order valence-corrected chi connectivity index (χ2v) is 6.92. The van der Waals surface area contributed by atoms with Gasteiger partial charge >= 0.3 is 0 Å². The van der Waals surface area contributed by atoms with Gasteiger partial charge < -0.3 is 14.2 Å². The lowest BCUT2D eigenvalue weighted by Gasteiger charge is -2.12. The molecule has 0 spiro atoms. The third-order valence-electron chi connectivity index (χ3n) is 4.31. The molecule has 0 aliphatic rings. The van der Waals surface area contributed by atoms with Crippen LogP contribution in [0, 0.1) is 0 Å². The number of nitrogens with one attached hydrogen (secondary N) is 1. The van der Waals surface area contributed by atoms with Crippen LogP contribution in [0.15, 0.2) is 71.8 Å². The Morgan fingerprint density at radius 2 is 1.74 bits per heavy atom. The fourth-order valence-corrected chi connectivity index (χ4v) is 2.83. The third kappa shape index (κ3) is 6.49. The average Bonchev–Trinajstić information content (AvgIpc) is 2.80. The summed E-state index contributed by atoms with van der Waals surface area (Å²) in [6.07, 6.45) is 1.55. The van der Waals surface area contributed by atoms with E-state index in [-0.39, 0.29) is 5.91 Å². The van der Waals surface area contributed by atoms with Gasteiger partial charge in [-0.2, -0.15) is 5.10 Å². The van der Waals surface area contributed by atoms with Gasteiger partial charge in [0.2, 0.25) is 0 Å². The molecule has 0 fully saturated rings. The van der Waals surface area contributed by atoms with E-state index in [1.54, 1.807) is 37.6 Å². The Bertz CT molecular complexity index is 1030. The van der Waals surface area contributed by atoms with E-state index in [1.807, 2.05) is 49.4 Å². The minimum absolute atomic E-state index is 0.313. The van der Waals surface area contributed by atoms with Gasteiger partial charge in [0, 0.05) is 10.6 Å². The maximum absolute atomic E-state index is 12.2. The van der Waals surface area contributed by atoms with Gasteiger partial charge in [-0.1, -0.05) is 23.7 Å². The molecule has 7 heteroatoms. The smallest absolute Gasteiger partial charge is 0.271 e. The van der Waals surface area contributed by atoms with Crippen molar-refractivity contribution in [2.24, 2.45) is 5.10 Å². The van der Waals surface area contributed by atoms with Gasteiger partial charge in [-0.25, -0.2) is 5.43 Å². The molecule has 1 amide bonds. The highest BCUT2D eigenvalue weighted by molar-refractivity contribution is 6.30. The summed E-state index contributed by atoms with van der Waals surface area (Å²) in [5.74, 6) is 1.59. The van der Waals surface area contributed by atoms with Crippen molar-refractivity contribution in [1.29, 1.82) is 0 Å². The fraction of sp³-hybridized carbons (Fsp3) is 0.167. The second-order valence-electron chi connectivity index (χ2n) is 6.48. The highest BCUT2D eigenvalue weighted by atomic mass is 35.5. The largest absolute Gasteiger partial charge is 0.497 e. The van der Waals surface area contributed by atoms with Crippen LogP contribution in [-0.2, 0) is 6.61 Å². The number of amides is 1. The van der Waals surface area contributed by atoms with Crippen LogP contribution in [0.4, 0.5) is 0 Å². The van der Waals surface area contributed by atoms with E-state index in [0.717, 1.165) is 11.1 Å². The fourth-order valence-electron chi connectivity index (χ4n) is 2.71. The number of ether oxygens (including phenoxy) is 3. The summed E-state index contributed by atoms with van der Waals surface area (Å²) in [6.45, 7) is 2.79. The van der Waals surface area contributed by atoms with Crippen molar-refractivity contribution in [2.45, 2.75) is 13.5 Å². The number of carbonyl (C=O) groups excluding carboxylic acids is 1. The van der Waals surface area contributed by atoms with E-state index in [0.29, 0.717) is 41.0 Å². The quantitative estimate of drug-likeness (QED) is 0.373. The summed E-state index contributed by atoms with van der Waals surface area (Å²) in [5, 5.41) is 4.71. The van der Waals surface area contributed by atoms with Gasteiger partial charge in [0.25, 0.3) is 5.91 Å². The number of hydrazone groups is 1. The van der Waals surface area contributed by atoms with Crippen molar-refractivity contribution in [1.82, 2.24) is 5.43 Å². The monoisotopic (exact) mass is 438 g/mol. The van der Waals surface area contributed by atoms with Crippen LogP contribution < -0.4 is 19.6 Å². The molecule has 0 aliphatic heterocycles. The van der Waals surface area contributed by atoms with Gasteiger partial charge in [-0.3, -0.25) is 4.79 Å². The van der Waals surface area contributed by atoms with Crippen LogP contribution in [0.3, 0.4) is 0 Å². The molecule has 3 rings (SSSR count). The Kier molecular flexibility index (Phi) is 7.90. The molecule has 3 aromatic rings. The van der Waals surface area contributed by atoms with Gasteiger partial charge in [0.05, 0.1) is 19.9 Å². The topological polar surface area (TPSA) is 69.2 Å². The van der Waals surface area contributed by atoms with Crippen molar-refractivity contribution in [3.63, 3.8) is 0 Å². The lowest BCUT2D eigenvalue weighted by Crippen LogP contribution is -2.17. The summed E-state index contributed by atoms with van der Waals surface area (Å²) in [7, 11) is 1.57. The predicted molar refractivity (Wildman–Crippen MR) is 121 cm³/mol. The van der Waals surface area contributed by atoms with Gasteiger partial charge in [-0.15, -0.1) is 0 Å². The zero-order valence-corrected chi connectivity index (χ0v) is 18.1. The molecule has 0 saturated carbocycles. The van der Waals surface area contributed by atoms with E-state index in [2.05, 4.69) is 10.5 Å². The number of hydrogen-bond donors (Lipinski definition) is 1. The Balaban J connectivity index is 1.63. The molecule has 1 N–H and O–H groups in total. The summed E-state index contributed by atoms with van der Waals surface area (Å²) in [6, 6.07) is 19.7. The lowest BCUT2D eigenvalue weighted by atomic mass is 10.2. The number of benzene rings is 3. The minimum Gasteiger partial charge on any atom is -0.497 e. The zero-order valence-electron chi connectivity index (χ0n) is 17.3. The standard InChI is InChI=1S/C24H23ClN2O4/c1-3-30-23-14-18(6-13-22(23)31-16-17-4-9-20(25)10-5-17)15-26-27-24(28)19-7-11-21(29-2)12-8-19/h4-15H,3,16H2,1-2H3,(H,27,28)/b26-15+. The Hall–Kier alpha value is -3.51. The van der Waals surface area contributed by atoms with Crippen molar-refractivity contribution in [3.05, 3.63) is 88.4 Å². The SMILES string of the molecule is CCOc1cc(/C=N/NC(=O)c2ccc(OC)cc2)ccc1OCc1ccc(Cl)cc1. The molecule has 6 nitrogen and oxygen atoms in total. The van der Waals surface area contributed by atoms with Crippen LogP contribution >= 0.6 is 11.6 Å². The maximum Gasteiger partial charge on any atom is 0.271 e. The summed E-state index contributed by atoms with van der Waals surface area (Å²) in [4.78, 5) is 12.2. The van der Waals surface area contributed by atoms with Crippen LogP contribution in [0.5, 0.6) is 17.2 Å². The minimum atomic E-state index is -0.313. The van der Waals surface area contributed by atoms with E-state index in [9.17, 15) is 4.79 Å². The van der Waals surface area contributed by atoms with Gasteiger partial charge in [0.15, 0.2) is 11.5 Å². The van der Waals surface area contributed by atoms with E-state index in [1.165, 1.54) is 0 Å². The van der Waals surface area contributed by atoms with Crippen molar-refractivity contribution >= 4 is 23.7 Å². The molecule has 0 unspecified atom stereocenters. The molecule has 0 radical (unpaired) electrons. The lowest BCUT2D eigenvalue weighted by molar-refractivity contribution is 0.0955. The highest BCUT2D eigenvalue weighted by Gasteiger charge is 2.07. The molecular formula is C24H23ClN2O4. The number of hydrogen-bond acceptors (Lipinski definition) is 5. The Morgan fingerprint density at radius 1 is 1.00 bits per heavy atom. The Morgan fingerprint density at radius 3 is 2.42 bits per heavy atom. The van der Waals surface area contributed by atoms with Crippen molar-refractivity contribution < 1.29 is 19.0 Å². The first-order valence-corrected chi connectivity index (χ1v) is 10.1. The van der Waals surface area contributed by atoms with E-state index < -0.39 is 0 Å². The second kappa shape index (κ2) is 11.0. The molecular weight excluding hydrogens is 416 g/mol. The first-order valence-electron chi connectivity index (χ1n) is 9.70. The molecule has 31 heavy (non-hydrogen) atoms. The normalized spacial score (nSPS) is 10.7. The molecule has 160 valence electrons. The highest BCUT2D eigenvalue weighted by Crippen LogP contribution is 2.29. The maximum atomic E-state index is 12.2. The first-order chi connectivity index (χ1) is 15.1. The molecule has 0 saturated heterocycles. The molecule has 0 bridgehead atoms. The van der Waals surface area contributed by atoms with Gasteiger partial charge in [0.1, 0.15) is 12.4 Å².